The fourth-order valence-electron chi connectivity index (χ4n) is 1.85. The van der Waals surface area contributed by atoms with Gasteiger partial charge in [-0.25, -0.2) is 4.79 Å². The molecule has 0 aliphatic heterocycles. The van der Waals surface area contributed by atoms with Crippen molar-refractivity contribution in [3.63, 3.8) is 0 Å². The lowest BCUT2D eigenvalue weighted by Crippen LogP contribution is -2.21. The first-order valence-electron chi connectivity index (χ1n) is 6.80. The first-order chi connectivity index (χ1) is 11.0. The Balaban J connectivity index is 1.93. The van der Waals surface area contributed by atoms with Crippen LogP contribution in [0.3, 0.4) is 0 Å². The average molecular weight is 423 g/mol. The lowest BCUT2D eigenvalue weighted by Gasteiger charge is -2.08. The first-order valence-corrected chi connectivity index (χ1v) is 7.88. The van der Waals surface area contributed by atoms with E-state index in [9.17, 15) is 14.4 Å². The predicted molar refractivity (Wildman–Crippen MR) is 94.5 cm³/mol. The van der Waals surface area contributed by atoms with Gasteiger partial charge in [0.15, 0.2) is 12.4 Å². The van der Waals surface area contributed by atoms with Crippen LogP contribution in [0.5, 0.6) is 0 Å². The van der Waals surface area contributed by atoms with E-state index in [4.69, 9.17) is 4.74 Å². The molecule has 1 N–H and O–H groups in total. The van der Waals surface area contributed by atoms with Crippen molar-refractivity contribution in [1.82, 2.24) is 0 Å². The molecule has 0 bridgehead atoms. The summed E-state index contributed by atoms with van der Waals surface area (Å²) in [5, 5.41) is 2.59. The zero-order valence-electron chi connectivity index (χ0n) is 12.3. The van der Waals surface area contributed by atoms with E-state index in [1.165, 1.54) is 6.92 Å². The highest BCUT2D eigenvalue weighted by Gasteiger charge is 2.13. The summed E-state index contributed by atoms with van der Waals surface area (Å²) in [7, 11) is 0. The SMILES string of the molecule is CC(=O)c1cccc(NC(=O)COC(=O)c2ccccc2I)c1. The van der Waals surface area contributed by atoms with Crippen molar-refractivity contribution in [1.29, 1.82) is 0 Å². The van der Waals surface area contributed by atoms with Crippen LogP contribution in [0.1, 0.15) is 27.6 Å². The summed E-state index contributed by atoms with van der Waals surface area (Å²) in [6, 6.07) is 13.5. The second-order valence-corrected chi connectivity index (χ2v) is 5.90. The summed E-state index contributed by atoms with van der Waals surface area (Å²) in [6.45, 7) is 1.05. The van der Waals surface area contributed by atoms with Gasteiger partial charge in [-0.1, -0.05) is 24.3 Å². The smallest absolute Gasteiger partial charge is 0.339 e. The maximum absolute atomic E-state index is 11.9. The summed E-state index contributed by atoms with van der Waals surface area (Å²) >= 11 is 2.03. The third kappa shape index (κ3) is 4.88. The number of esters is 1. The van der Waals surface area contributed by atoms with Crippen molar-refractivity contribution in [2.45, 2.75) is 6.92 Å². The van der Waals surface area contributed by atoms with Gasteiger partial charge in [0.1, 0.15) is 0 Å². The molecule has 0 atom stereocenters. The van der Waals surface area contributed by atoms with Gasteiger partial charge in [-0.3, -0.25) is 9.59 Å². The molecule has 0 unspecified atom stereocenters. The number of ether oxygens (including phenoxy) is 1. The normalized spacial score (nSPS) is 10.0. The minimum absolute atomic E-state index is 0.0915. The maximum Gasteiger partial charge on any atom is 0.339 e. The molecule has 0 heterocycles. The topological polar surface area (TPSA) is 72.5 Å². The van der Waals surface area contributed by atoms with Gasteiger partial charge in [-0.15, -0.1) is 0 Å². The molecule has 0 aliphatic carbocycles. The molecule has 0 radical (unpaired) electrons. The van der Waals surface area contributed by atoms with Crippen molar-refractivity contribution in [3.05, 3.63) is 63.2 Å². The Morgan fingerprint density at radius 1 is 1.09 bits per heavy atom. The third-order valence-corrected chi connectivity index (χ3v) is 3.92. The van der Waals surface area contributed by atoms with Crippen molar-refractivity contribution < 1.29 is 19.1 Å². The largest absolute Gasteiger partial charge is 0.452 e. The van der Waals surface area contributed by atoms with E-state index >= 15 is 0 Å². The van der Waals surface area contributed by atoms with Crippen LogP contribution in [0, 0.1) is 3.57 Å². The molecule has 2 rings (SSSR count). The van der Waals surface area contributed by atoms with Gasteiger partial charge in [0.25, 0.3) is 5.91 Å². The van der Waals surface area contributed by atoms with E-state index in [0.717, 1.165) is 3.57 Å². The standard InChI is InChI=1S/C17H14INO4/c1-11(20)12-5-4-6-13(9-12)19-16(21)10-23-17(22)14-7-2-3-8-15(14)18/h2-9H,10H2,1H3,(H,19,21). The highest BCUT2D eigenvalue weighted by atomic mass is 127. The molecular formula is C17H14INO4. The molecule has 0 fully saturated rings. The van der Waals surface area contributed by atoms with E-state index < -0.39 is 18.5 Å². The molecule has 1 amide bonds. The quantitative estimate of drug-likeness (QED) is 0.455. The van der Waals surface area contributed by atoms with Crippen molar-refractivity contribution in [2.24, 2.45) is 0 Å². The van der Waals surface area contributed by atoms with Crippen LogP contribution in [0.4, 0.5) is 5.69 Å². The molecule has 5 nitrogen and oxygen atoms in total. The Hall–Kier alpha value is -2.22. The van der Waals surface area contributed by atoms with E-state index in [1.54, 1.807) is 42.5 Å². The van der Waals surface area contributed by atoms with Crippen LogP contribution < -0.4 is 5.32 Å². The van der Waals surface area contributed by atoms with E-state index in [-0.39, 0.29) is 5.78 Å². The fourth-order valence-corrected chi connectivity index (χ4v) is 2.46. The predicted octanol–water partition coefficient (Wildman–Crippen LogP) is 3.29. The van der Waals surface area contributed by atoms with Crippen molar-refractivity contribution >= 4 is 45.9 Å². The van der Waals surface area contributed by atoms with Gasteiger partial charge in [0.2, 0.25) is 0 Å². The number of hydrogen-bond donors (Lipinski definition) is 1. The minimum atomic E-state index is -0.553. The summed E-state index contributed by atoms with van der Waals surface area (Å²) in [6.07, 6.45) is 0. The van der Waals surface area contributed by atoms with E-state index in [1.807, 2.05) is 28.7 Å². The second-order valence-electron chi connectivity index (χ2n) is 4.74. The average Bonchev–Trinajstić information content (AvgIpc) is 2.53. The second kappa shape index (κ2) is 7.87. The Bertz CT molecular complexity index is 758. The maximum atomic E-state index is 11.9. The molecule has 2 aromatic carbocycles. The number of rotatable bonds is 5. The van der Waals surface area contributed by atoms with Crippen LogP contribution in [-0.4, -0.2) is 24.3 Å². The van der Waals surface area contributed by atoms with Gasteiger partial charge >= 0.3 is 5.97 Å². The Morgan fingerprint density at radius 2 is 1.83 bits per heavy atom. The first kappa shape index (κ1) is 17.1. The van der Waals surface area contributed by atoms with Crippen molar-refractivity contribution in [3.8, 4) is 0 Å². The molecule has 0 spiro atoms. The molecule has 0 saturated heterocycles. The molecule has 0 aromatic heterocycles. The summed E-state index contributed by atoms with van der Waals surface area (Å²) < 4.78 is 5.75. The lowest BCUT2D eigenvalue weighted by molar-refractivity contribution is -0.119. The van der Waals surface area contributed by atoms with Gasteiger partial charge in [0.05, 0.1) is 5.56 Å². The van der Waals surface area contributed by atoms with Crippen LogP contribution in [0.2, 0.25) is 0 Å². The summed E-state index contributed by atoms with van der Waals surface area (Å²) in [5.41, 5.74) is 1.39. The number of Topliss-reactive ketones (excluding diaryl/α,β-unsaturated/α-hetero) is 1. The number of carbonyl (C=O) groups excluding carboxylic acids is 3. The number of anilines is 1. The number of ketones is 1. The molecular weight excluding hydrogens is 409 g/mol. The van der Waals surface area contributed by atoms with Crippen LogP contribution in [0.25, 0.3) is 0 Å². The third-order valence-electron chi connectivity index (χ3n) is 2.98. The van der Waals surface area contributed by atoms with E-state index in [2.05, 4.69) is 5.32 Å². The molecule has 23 heavy (non-hydrogen) atoms. The van der Waals surface area contributed by atoms with E-state index in [0.29, 0.717) is 16.8 Å². The summed E-state index contributed by atoms with van der Waals surface area (Å²) in [4.78, 5) is 35.1. The number of hydrogen-bond acceptors (Lipinski definition) is 4. The van der Waals surface area contributed by atoms with Gasteiger partial charge < -0.3 is 10.1 Å². The summed E-state index contributed by atoms with van der Waals surface area (Å²) in [5.74, 6) is -1.11. The molecule has 0 aliphatic rings. The van der Waals surface area contributed by atoms with Crippen LogP contribution in [0.15, 0.2) is 48.5 Å². The van der Waals surface area contributed by atoms with Crippen LogP contribution >= 0.6 is 22.6 Å². The highest BCUT2D eigenvalue weighted by Crippen LogP contribution is 2.13. The fraction of sp³-hybridized carbons (Fsp3) is 0.118. The van der Waals surface area contributed by atoms with Crippen LogP contribution in [-0.2, 0) is 9.53 Å². The Labute approximate surface area is 147 Å². The Kier molecular flexibility index (Phi) is 5.86. The monoisotopic (exact) mass is 423 g/mol. The number of amides is 1. The molecule has 0 saturated carbocycles. The lowest BCUT2D eigenvalue weighted by atomic mass is 10.1. The van der Waals surface area contributed by atoms with Gasteiger partial charge in [-0.2, -0.15) is 0 Å². The zero-order chi connectivity index (χ0) is 16.8. The molecule has 2 aromatic rings. The minimum Gasteiger partial charge on any atom is -0.452 e. The number of benzene rings is 2. The molecule has 118 valence electrons. The Morgan fingerprint density at radius 3 is 2.52 bits per heavy atom. The highest BCUT2D eigenvalue weighted by molar-refractivity contribution is 14.1. The van der Waals surface area contributed by atoms with Crippen molar-refractivity contribution in [2.75, 3.05) is 11.9 Å². The number of nitrogens with one attached hydrogen (secondary N) is 1. The zero-order valence-corrected chi connectivity index (χ0v) is 14.5. The molecule has 6 heteroatoms. The number of halogens is 1. The van der Waals surface area contributed by atoms with Gasteiger partial charge in [-0.05, 0) is 53.8 Å². The van der Waals surface area contributed by atoms with Gasteiger partial charge in [0, 0.05) is 14.8 Å². The number of carbonyl (C=O) groups is 3.